The average molecular weight is 383 g/mol. The van der Waals surface area contributed by atoms with E-state index in [1.165, 1.54) is 11.6 Å². The Bertz CT molecular complexity index is 867. The molecule has 28 heavy (non-hydrogen) atoms. The largest absolute Gasteiger partial charge is 0.335 e. The van der Waals surface area contributed by atoms with Crippen molar-refractivity contribution in [3.05, 3.63) is 70.5 Å². The summed E-state index contributed by atoms with van der Waals surface area (Å²) in [6.45, 7) is 7.30. The zero-order valence-corrected chi connectivity index (χ0v) is 16.5. The molecule has 1 atom stereocenters. The Kier molecular flexibility index (Phi) is 5.97. The van der Waals surface area contributed by atoms with Crippen molar-refractivity contribution < 1.29 is 14.0 Å². The van der Waals surface area contributed by atoms with Crippen LogP contribution in [0.3, 0.4) is 0 Å². The first kappa shape index (κ1) is 19.9. The quantitative estimate of drug-likeness (QED) is 0.880. The summed E-state index contributed by atoms with van der Waals surface area (Å²) in [6, 6.07) is 12.1. The summed E-state index contributed by atoms with van der Waals surface area (Å²) >= 11 is 0. The Morgan fingerprint density at radius 3 is 2.46 bits per heavy atom. The highest BCUT2D eigenvalue weighted by molar-refractivity contribution is 5.88. The van der Waals surface area contributed by atoms with Crippen LogP contribution in [-0.2, 0) is 17.9 Å². The van der Waals surface area contributed by atoms with Crippen LogP contribution in [0.2, 0.25) is 0 Å². The van der Waals surface area contributed by atoms with Gasteiger partial charge in [0.2, 0.25) is 5.91 Å². The van der Waals surface area contributed by atoms with Crippen molar-refractivity contribution in [2.24, 2.45) is 0 Å². The molecule has 1 heterocycles. The molecule has 1 aliphatic heterocycles. The number of hydrogen-bond acceptors (Lipinski definition) is 2. The molecular weight excluding hydrogens is 357 g/mol. The number of aryl methyl sites for hydroxylation is 2. The van der Waals surface area contributed by atoms with Gasteiger partial charge in [-0.3, -0.25) is 4.79 Å². The van der Waals surface area contributed by atoms with E-state index in [0.29, 0.717) is 31.7 Å². The zero-order valence-electron chi connectivity index (χ0n) is 16.5. The summed E-state index contributed by atoms with van der Waals surface area (Å²) < 4.78 is 13.4. The first-order valence-electron chi connectivity index (χ1n) is 9.49. The van der Waals surface area contributed by atoms with Gasteiger partial charge in [0, 0.05) is 26.2 Å². The second-order valence-electron chi connectivity index (χ2n) is 7.36. The highest BCUT2D eigenvalue weighted by Gasteiger charge is 2.34. The summed E-state index contributed by atoms with van der Waals surface area (Å²) in [4.78, 5) is 28.6. The third-order valence-electron chi connectivity index (χ3n) is 5.17. The molecule has 0 saturated carbocycles. The molecule has 6 heteroatoms. The van der Waals surface area contributed by atoms with Crippen LogP contribution in [0, 0.1) is 19.7 Å². The Morgan fingerprint density at radius 1 is 1.11 bits per heavy atom. The molecule has 3 amide bonds. The Morgan fingerprint density at radius 2 is 1.79 bits per heavy atom. The van der Waals surface area contributed by atoms with Crippen molar-refractivity contribution in [3.8, 4) is 0 Å². The summed E-state index contributed by atoms with van der Waals surface area (Å²) in [5.74, 6) is -0.321. The molecule has 5 nitrogen and oxygen atoms in total. The molecule has 0 radical (unpaired) electrons. The first-order valence-corrected chi connectivity index (χ1v) is 9.49. The minimum Gasteiger partial charge on any atom is -0.335 e. The second-order valence-corrected chi connectivity index (χ2v) is 7.36. The summed E-state index contributed by atoms with van der Waals surface area (Å²) in [5, 5.41) is 2.83. The molecule has 1 N–H and O–H groups in total. The number of carbonyl (C=O) groups excluding carboxylic acids is 2. The van der Waals surface area contributed by atoms with Gasteiger partial charge in [0.15, 0.2) is 0 Å². The van der Waals surface area contributed by atoms with Crippen LogP contribution in [0.4, 0.5) is 9.18 Å². The molecule has 0 spiro atoms. The van der Waals surface area contributed by atoms with E-state index < -0.39 is 6.04 Å². The van der Waals surface area contributed by atoms with Crippen molar-refractivity contribution >= 4 is 11.9 Å². The van der Waals surface area contributed by atoms with Gasteiger partial charge in [0.25, 0.3) is 0 Å². The van der Waals surface area contributed by atoms with E-state index in [-0.39, 0.29) is 17.8 Å². The SMILES string of the molecule is Cc1ccc(CN2CCN(C(=O)NCc3ccc(F)c(C)c3)[C@H](C)C2=O)cc1. The van der Waals surface area contributed by atoms with Crippen LogP contribution in [0.25, 0.3) is 0 Å². The van der Waals surface area contributed by atoms with Crippen LogP contribution in [0.1, 0.15) is 29.2 Å². The van der Waals surface area contributed by atoms with Gasteiger partial charge < -0.3 is 15.1 Å². The van der Waals surface area contributed by atoms with Gasteiger partial charge in [-0.25, -0.2) is 9.18 Å². The fourth-order valence-electron chi connectivity index (χ4n) is 3.37. The van der Waals surface area contributed by atoms with Crippen molar-refractivity contribution in [2.45, 2.75) is 39.9 Å². The van der Waals surface area contributed by atoms with E-state index >= 15 is 0 Å². The lowest BCUT2D eigenvalue weighted by Crippen LogP contribution is -2.59. The molecular formula is C22H26FN3O2. The smallest absolute Gasteiger partial charge is 0.318 e. The van der Waals surface area contributed by atoms with Gasteiger partial charge in [-0.15, -0.1) is 0 Å². The molecule has 1 fully saturated rings. The van der Waals surface area contributed by atoms with Gasteiger partial charge in [-0.1, -0.05) is 42.0 Å². The van der Waals surface area contributed by atoms with Gasteiger partial charge in [-0.05, 0) is 43.5 Å². The third kappa shape index (κ3) is 4.50. The van der Waals surface area contributed by atoms with Crippen molar-refractivity contribution in [1.29, 1.82) is 0 Å². The van der Waals surface area contributed by atoms with Crippen LogP contribution in [0.5, 0.6) is 0 Å². The number of benzene rings is 2. The maximum Gasteiger partial charge on any atom is 0.318 e. The number of nitrogens with zero attached hydrogens (tertiary/aromatic N) is 2. The Balaban J connectivity index is 1.57. The summed E-state index contributed by atoms with van der Waals surface area (Å²) in [5.41, 5.74) is 3.63. The summed E-state index contributed by atoms with van der Waals surface area (Å²) in [6.07, 6.45) is 0. The highest BCUT2D eigenvalue weighted by atomic mass is 19.1. The molecule has 2 aromatic rings. The number of urea groups is 1. The fraction of sp³-hybridized carbons (Fsp3) is 0.364. The minimum absolute atomic E-state index is 0.0559. The number of hydrogen-bond donors (Lipinski definition) is 1. The lowest BCUT2D eigenvalue weighted by atomic mass is 10.1. The molecule has 0 aromatic heterocycles. The first-order chi connectivity index (χ1) is 13.3. The van der Waals surface area contributed by atoms with Crippen molar-refractivity contribution in [3.63, 3.8) is 0 Å². The molecule has 0 unspecified atom stereocenters. The molecule has 0 bridgehead atoms. The van der Waals surface area contributed by atoms with E-state index in [2.05, 4.69) is 5.32 Å². The number of halogens is 1. The van der Waals surface area contributed by atoms with Gasteiger partial charge in [0.05, 0.1) is 0 Å². The van der Waals surface area contributed by atoms with Crippen LogP contribution in [-0.4, -0.2) is 40.9 Å². The molecule has 1 saturated heterocycles. The van der Waals surface area contributed by atoms with E-state index in [4.69, 9.17) is 0 Å². The third-order valence-corrected chi connectivity index (χ3v) is 5.17. The lowest BCUT2D eigenvalue weighted by molar-refractivity contribution is -0.139. The summed E-state index contributed by atoms with van der Waals surface area (Å²) in [7, 11) is 0. The number of piperazine rings is 1. The lowest BCUT2D eigenvalue weighted by Gasteiger charge is -2.39. The van der Waals surface area contributed by atoms with Gasteiger partial charge in [0.1, 0.15) is 11.9 Å². The highest BCUT2D eigenvalue weighted by Crippen LogP contribution is 2.16. The van der Waals surface area contributed by atoms with Crippen molar-refractivity contribution in [1.82, 2.24) is 15.1 Å². The monoisotopic (exact) mass is 383 g/mol. The maximum atomic E-state index is 13.4. The Labute approximate surface area is 165 Å². The van der Waals surface area contributed by atoms with Gasteiger partial charge >= 0.3 is 6.03 Å². The van der Waals surface area contributed by atoms with E-state index in [1.54, 1.807) is 35.8 Å². The molecule has 148 valence electrons. The normalized spacial score (nSPS) is 17.0. The number of amides is 3. The van der Waals surface area contributed by atoms with Crippen molar-refractivity contribution in [2.75, 3.05) is 13.1 Å². The molecule has 3 rings (SSSR count). The second kappa shape index (κ2) is 8.42. The minimum atomic E-state index is -0.519. The maximum absolute atomic E-state index is 13.4. The van der Waals surface area contributed by atoms with Gasteiger partial charge in [-0.2, -0.15) is 0 Å². The van der Waals surface area contributed by atoms with Crippen LogP contribution < -0.4 is 5.32 Å². The molecule has 0 aliphatic carbocycles. The molecule has 1 aliphatic rings. The Hall–Kier alpha value is -2.89. The number of carbonyl (C=O) groups is 2. The predicted octanol–water partition coefficient (Wildman–Crippen LogP) is 3.39. The number of nitrogens with one attached hydrogen (secondary N) is 1. The van der Waals surface area contributed by atoms with E-state index in [0.717, 1.165) is 11.1 Å². The molecule has 2 aromatic carbocycles. The average Bonchev–Trinajstić information content (AvgIpc) is 2.68. The van der Waals surface area contributed by atoms with E-state index in [9.17, 15) is 14.0 Å². The van der Waals surface area contributed by atoms with Crippen LogP contribution >= 0.6 is 0 Å². The zero-order chi connectivity index (χ0) is 20.3. The van der Waals surface area contributed by atoms with Crippen LogP contribution in [0.15, 0.2) is 42.5 Å². The number of rotatable bonds is 4. The van der Waals surface area contributed by atoms with E-state index in [1.807, 2.05) is 31.2 Å². The fourth-order valence-corrected chi connectivity index (χ4v) is 3.37. The topological polar surface area (TPSA) is 52.6 Å². The predicted molar refractivity (Wildman–Crippen MR) is 106 cm³/mol. The standard InChI is InChI=1S/C22H26FN3O2/c1-15-4-6-18(7-5-15)14-25-10-11-26(17(3)21(25)27)22(28)24-13-19-8-9-20(23)16(2)12-19/h4-9,12,17H,10-11,13-14H2,1-3H3,(H,24,28)/t17-/m1/s1.